The van der Waals surface area contributed by atoms with Crippen molar-refractivity contribution in [2.24, 2.45) is 22.7 Å². The first-order valence-electron chi connectivity index (χ1n) is 5.90. The van der Waals surface area contributed by atoms with Crippen molar-refractivity contribution < 1.29 is 9.59 Å². The molecule has 0 spiro atoms. The summed E-state index contributed by atoms with van der Waals surface area (Å²) < 4.78 is 0. The Balaban J connectivity index is 2.61. The van der Waals surface area contributed by atoms with Crippen molar-refractivity contribution >= 4 is 11.6 Å². The molecule has 0 N–H and O–H groups in total. The minimum Gasteiger partial charge on any atom is -0.299 e. The number of hydrogen-bond donors (Lipinski definition) is 0. The van der Waals surface area contributed by atoms with E-state index in [1.165, 1.54) is 0 Å². The third-order valence-electron chi connectivity index (χ3n) is 4.68. The summed E-state index contributed by atoms with van der Waals surface area (Å²) in [5, 5.41) is 0. The number of rotatable bonds is 2. The summed E-state index contributed by atoms with van der Waals surface area (Å²) in [7, 11) is 0. The molecule has 0 aromatic rings. The maximum absolute atomic E-state index is 12.0. The molecule has 16 heavy (non-hydrogen) atoms. The number of ketones is 2. The monoisotopic (exact) mass is 220 g/mol. The number of carbonyl (C=O) groups is 2. The van der Waals surface area contributed by atoms with Gasteiger partial charge in [0.2, 0.25) is 0 Å². The number of hydrogen-bond acceptors (Lipinski definition) is 2. The molecule has 2 atom stereocenters. The van der Waals surface area contributed by atoms with Gasteiger partial charge in [0, 0.05) is 0 Å². The van der Waals surface area contributed by atoms with Crippen LogP contribution < -0.4 is 0 Å². The van der Waals surface area contributed by atoms with E-state index in [-0.39, 0.29) is 22.9 Å². The van der Waals surface area contributed by atoms with Crippen LogP contribution in [-0.4, -0.2) is 11.6 Å². The summed E-state index contributed by atoms with van der Waals surface area (Å²) in [4.78, 5) is 23.9. The van der Waals surface area contributed by atoms with E-state index in [4.69, 9.17) is 0 Å². The number of carbonyl (C=O) groups excluding carboxylic acids is 2. The Kier molecular flexibility index (Phi) is 2.06. The largest absolute Gasteiger partial charge is 0.299 e. The molecule has 2 unspecified atom stereocenters. The predicted molar refractivity (Wildman–Crippen MR) is 62.9 cm³/mol. The van der Waals surface area contributed by atoms with Crippen molar-refractivity contribution in [1.29, 1.82) is 0 Å². The lowest BCUT2D eigenvalue weighted by molar-refractivity contribution is -0.140. The second-order valence-corrected chi connectivity index (χ2v) is 6.11. The summed E-state index contributed by atoms with van der Waals surface area (Å²) in [6, 6.07) is 0. The third-order valence-corrected chi connectivity index (χ3v) is 4.68. The lowest BCUT2D eigenvalue weighted by atomic mass is 9.58. The van der Waals surface area contributed by atoms with E-state index < -0.39 is 5.41 Å². The Morgan fingerprint density at radius 1 is 1.00 bits per heavy atom. The second kappa shape index (κ2) is 2.85. The zero-order valence-electron chi connectivity index (χ0n) is 11.0. The molecule has 2 rings (SSSR count). The Morgan fingerprint density at radius 2 is 1.44 bits per heavy atom. The van der Waals surface area contributed by atoms with Gasteiger partial charge in [-0.2, -0.15) is 0 Å². The maximum atomic E-state index is 12.0. The first-order valence-corrected chi connectivity index (χ1v) is 5.90. The van der Waals surface area contributed by atoms with Crippen LogP contribution in [0, 0.1) is 22.7 Å². The normalized spacial score (nSPS) is 32.5. The molecule has 0 aliphatic heterocycles. The number of Topliss-reactive ketones (excluding diaryl/α,β-unsaturated/α-hetero) is 2. The highest BCUT2D eigenvalue weighted by atomic mass is 16.2. The van der Waals surface area contributed by atoms with Crippen LogP contribution in [0.2, 0.25) is 0 Å². The van der Waals surface area contributed by atoms with Gasteiger partial charge in [-0.15, -0.1) is 0 Å². The molecule has 0 aromatic heterocycles. The molecule has 0 radical (unpaired) electrons. The first kappa shape index (κ1) is 11.6. The fraction of sp³-hybridized carbons (Fsp3) is 0.714. The van der Waals surface area contributed by atoms with Crippen molar-refractivity contribution in [1.82, 2.24) is 0 Å². The van der Waals surface area contributed by atoms with E-state index >= 15 is 0 Å². The third kappa shape index (κ3) is 0.939. The highest BCUT2D eigenvalue weighted by Gasteiger charge is 2.82. The smallest absolute Gasteiger partial charge is 0.147 e. The van der Waals surface area contributed by atoms with E-state index in [1.807, 2.05) is 13.8 Å². The Hall–Kier alpha value is -0.920. The Bertz CT molecular complexity index is 408. The first-order chi connectivity index (χ1) is 7.20. The average molecular weight is 220 g/mol. The molecule has 2 nitrogen and oxygen atoms in total. The van der Waals surface area contributed by atoms with Crippen LogP contribution in [0.15, 0.2) is 11.1 Å². The standard InChI is InChI=1S/C14H20O2/c1-7(2)10-11-12(13(11,5)6)14(10,8(3)15)9(4)16/h11-12H,1-6H3. The predicted octanol–water partition coefficient (Wildman–Crippen LogP) is 2.77. The Labute approximate surface area is 97.1 Å². The molecule has 0 saturated heterocycles. The van der Waals surface area contributed by atoms with Crippen LogP contribution in [0.4, 0.5) is 0 Å². The van der Waals surface area contributed by atoms with Gasteiger partial charge >= 0.3 is 0 Å². The fourth-order valence-corrected chi connectivity index (χ4v) is 4.07. The van der Waals surface area contributed by atoms with Crippen molar-refractivity contribution in [3.63, 3.8) is 0 Å². The van der Waals surface area contributed by atoms with Crippen molar-refractivity contribution in [3.8, 4) is 0 Å². The van der Waals surface area contributed by atoms with Gasteiger partial charge in [-0.25, -0.2) is 0 Å². The lowest BCUT2D eigenvalue weighted by Crippen LogP contribution is -2.48. The summed E-state index contributed by atoms with van der Waals surface area (Å²) >= 11 is 0. The molecule has 2 heteroatoms. The van der Waals surface area contributed by atoms with Crippen LogP contribution >= 0.6 is 0 Å². The average Bonchev–Trinajstić information content (AvgIpc) is 2.42. The van der Waals surface area contributed by atoms with E-state index in [2.05, 4.69) is 13.8 Å². The molecular weight excluding hydrogens is 200 g/mol. The highest BCUT2D eigenvalue weighted by Crippen LogP contribution is 2.81. The van der Waals surface area contributed by atoms with Crippen LogP contribution in [0.5, 0.6) is 0 Å². The van der Waals surface area contributed by atoms with E-state index in [9.17, 15) is 9.59 Å². The van der Waals surface area contributed by atoms with Crippen LogP contribution in [0.3, 0.4) is 0 Å². The maximum Gasteiger partial charge on any atom is 0.147 e. The minimum atomic E-state index is -0.771. The second-order valence-electron chi connectivity index (χ2n) is 6.11. The molecule has 0 amide bonds. The molecule has 0 aromatic carbocycles. The minimum absolute atomic E-state index is 0.0306. The molecule has 0 bridgehead atoms. The van der Waals surface area contributed by atoms with Crippen molar-refractivity contribution in [2.75, 3.05) is 0 Å². The van der Waals surface area contributed by atoms with Crippen molar-refractivity contribution in [2.45, 2.75) is 41.5 Å². The van der Waals surface area contributed by atoms with Gasteiger partial charge in [-0.3, -0.25) is 9.59 Å². The van der Waals surface area contributed by atoms with Crippen molar-refractivity contribution in [3.05, 3.63) is 11.1 Å². The van der Waals surface area contributed by atoms with E-state index in [1.54, 1.807) is 13.8 Å². The molecule has 2 fully saturated rings. The summed E-state index contributed by atoms with van der Waals surface area (Å²) in [5.74, 6) is 0.774. The van der Waals surface area contributed by atoms with E-state index in [0.29, 0.717) is 5.92 Å². The lowest BCUT2D eigenvalue weighted by Gasteiger charge is -2.41. The molecule has 0 heterocycles. The zero-order valence-corrected chi connectivity index (χ0v) is 11.0. The molecular formula is C14H20O2. The molecule has 2 saturated carbocycles. The topological polar surface area (TPSA) is 34.1 Å². The fourth-order valence-electron chi connectivity index (χ4n) is 4.07. The highest BCUT2D eigenvalue weighted by molar-refractivity contribution is 6.12. The van der Waals surface area contributed by atoms with E-state index in [0.717, 1.165) is 11.1 Å². The number of allylic oxidation sites excluding steroid dienone is 2. The van der Waals surface area contributed by atoms with Gasteiger partial charge in [0.05, 0.1) is 0 Å². The summed E-state index contributed by atoms with van der Waals surface area (Å²) in [6.45, 7) is 11.5. The zero-order chi connectivity index (χ0) is 12.5. The summed E-state index contributed by atoms with van der Waals surface area (Å²) in [5.41, 5.74) is 1.62. The quantitative estimate of drug-likeness (QED) is 0.529. The van der Waals surface area contributed by atoms with Gasteiger partial charge < -0.3 is 0 Å². The molecule has 88 valence electrons. The SMILES string of the molecule is CC(=O)C1(C(C)=O)C(=C(C)C)C2C1C2(C)C. The van der Waals surface area contributed by atoms with Gasteiger partial charge in [0.15, 0.2) is 0 Å². The van der Waals surface area contributed by atoms with Gasteiger partial charge in [-0.1, -0.05) is 19.4 Å². The molecule has 2 aliphatic rings. The number of fused-ring (bicyclic) bond motifs is 1. The van der Waals surface area contributed by atoms with Crippen LogP contribution in [0.25, 0.3) is 0 Å². The van der Waals surface area contributed by atoms with Crippen LogP contribution in [-0.2, 0) is 9.59 Å². The van der Waals surface area contributed by atoms with Gasteiger partial charge in [-0.05, 0) is 50.5 Å². The Morgan fingerprint density at radius 3 is 1.69 bits per heavy atom. The summed E-state index contributed by atoms with van der Waals surface area (Å²) in [6.07, 6.45) is 0. The van der Waals surface area contributed by atoms with Crippen LogP contribution in [0.1, 0.15) is 41.5 Å². The van der Waals surface area contributed by atoms with Gasteiger partial charge in [0.1, 0.15) is 17.0 Å². The van der Waals surface area contributed by atoms with Gasteiger partial charge in [0.25, 0.3) is 0 Å². The molecule has 2 aliphatic carbocycles.